The van der Waals surface area contributed by atoms with Gasteiger partial charge in [0.15, 0.2) is 6.61 Å². The van der Waals surface area contributed by atoms with Crippen molar-refractivity contribution in [3.05, 3.63) is 28.2 Å². The van der Waals surface area contributed by atoms with Gasteiger partial charge in [0.25, 0.3) is 5.91 Å². The first-order chi connectivity index (χ1) is 10.4. The predicted molar refractivity (Wildman–Crippen MR) is 80.9 cm³/mol. The number of hydrogen-bond acceptors (Lipinski definition) is 5. The lowest BCUT2D eigenvalue weighted by Gasteiger charge is -2.11. The van der Waals surface area contributed by atoms with Crippen molar-refractivity contribution in [3.8, 4) is 0 Å². The van der Waals surface area contributed by atoms with Gasteiger partial charge in [0.05, 0.1) is 0 Å². The van der Waals surface area contributed by atoms with Gasteiger partial charge in [-0.25, -0.2) is 10.2 Å². The van der Waals surface area contributed by atoms with Crippen LogP contribution in [0.1, 0.15) is 12.8 Å². The summed E-state index contributed by atoms with van der Waals surface area (Å²) in [6, 6.07) is 4.54. The number of nitrogens with zero attached hydrogens (tertiary/aromatic N) is 1. The van der Waals surface area contributed by atoms with Crippen LogP contribution in [0.4, 0.5) is 5.69 Å². The van der Waals surface area contributed by atoms with E-state index in [1.54, 1.807) is 0 Å². The molecule has 0 saturated heterocycles. The van der Waals surface area contributed by atoms with Crippen molar-refractivity contribution in [2.24, 2.45) is 5.10 Å². The minimum absolute atomic E-state index is 0.0678. The van der Waals surface area contributed by atoms with Gasteiger partial charge in [0.2, 0.25) is 5.91 Å². The van der Waals surface area contributed by atoms with E-state index in [0.29, 0.717) is 15.7 Å². The summed E-state index contributed by atoms with van der Waals surface area (Å²) in [5.74, 6) is -1.57. The van der Waals surface area contributed by atoms with Crippen molar-refractivity contribution in [2.45, 2.75) is 12.8 Å². The largest absolute Gasteiger partial charge is 0.451 e. The highest BCUT2D eigenvalue weighted by Gasteiger charge is 2.20. The van der Waals surface area contributed by atoms with E-state index >= 15 is 0 Å². The second-order valence-corrected chi connectivity index (χ2v) is 5.25. The van der Waals surface area contributed by atoms with E-state index in [1.807, 2.05) is 0 Å². The summed E-state index contributed by atoms with van der Waals surface area (Å²) in [5, 5.41) is 6.80. The Morgan fingerprint density at radius 2 is 1.91 bits per heavy atom. The van der Waals surface area contributed by atoms with E-state index in [-0.39, 0.29) is 24.5 Å². The van der Waals surface area contributed by atoms with Gasteiger partial charge < -0.3 is 10.1 Å². The highest BCUT2D eigenvalue weighted by atomic mass is 35.5. The first-order valence-electron chi connectivity index (χ1n) is 6.22. The smallest absolute Gasteiger partial charge is 0.355 e. The van der Waals surface area contributed by atoms with Gasteiger partial charge in [-0.15, -0.1) is 0 Å². The number of amides is 2. The molecule has 1 heterocycles. The highest BCUT2D eigenvalue weighted by Crippen LogP contribution is 2.22. The lowest BCUT2D eigenvalue weighted by atomic mass is 10.2. The fraction of sp³-hybridized carbons (Fsp3) is 0.231. The van der Waals surface area contributed by atoms with Gasteiger partial charge in [-0.3, -0.25) is 9.59 Å². The number of hydrazone groups is 1. The maximum Gasteiger partial charge on any atom is 0.355 e. The van der Waals surface area contributed by atoms with Crippen molar-refractivity contribution in [1.82, 2.24) is 5.43 Å². The van der Waals surface area contributed by atoms with Crippen LogP contribution < -0.4 is 10.7 Å². The van der Waals surface area contributed by atoms with Gasteiger partial charge in [-0.05, 0) is 18.2 Å². The number of ether oxygens (including phenoxy) is 1. The van der Waals surface area contributed by atoms with E-state index in [1.165, 1.54) is 18.2 Å². The molecule has 22 heavy (non-hydrogen) atoms. The normalized spacial score (nSPS) is 13.9. The van der Waals surface area contributed by atoms with Crippen LogP contribution in [0.15, 0.2) is 23.3 Å². The maximum atomic E-state index is 11.7. The summed E-state index contributed by atoms with van der Waals surface area (Å²) in [7, 11) is 0. The second-order valence-electron chi connectivity index (χ2n) is 4.38. The molecule has 1 aliphatic heterocycles. The summed E-state index contributed by atoms with van der Waals surface area (Å²) in [4.78, 5) is 34.2. The molecule has 2 amide bonds. The lowest BCUT2D eigenvalue weighted by Crippen LogP contribution is -2.32. The number of carbonyl (C=O) groups is 3. The van der Waals surface area contributed by atoms with Crippen LogP contribution in [0.25, 0.3) is 0 Å². The van der Waals surface area contributed by atoms with Crippen molar-refractivity contribution >= 4 is 52.4 Å². The molecule has 0 fully saturated rings. The summed E-state index contributed by atoms with van der Waals surface area (Å²) in [6.07, 6.45) is 0.331. The molecule has 116 valence electrons. The number of benzene rings is 1. The lowest BCUT2D eigenvalue weighted by molar-refractivity contribution is -0.140. The Bertz CT molecular complexity index is 640. The van der Waals surface area contributed by atoms with Crippen LogP contribution in [0, 0.1) is 0 Å². The Labute approximate surface area is 135 Å². The molecule has 0 saturated carbocycles. The predicted octanol–water partition coefficient (Wildman–Crippen LogP) is 1.74. The molecule has 2 N–H and O–H groups in total. The summed E-state index contributed by atoms with van der Waals surface area (Å²) >= 11 is 11.6. The third-order valence-electron chi connectivity index (χ3n) is 2.62. The van der Waals surface area contributed by atoms with E-state index in [9.17, 15) is 14.4 Å². The molecule has 9 heteroatoms. The number of hydrogen-bond donors (Lipinski definition) is 2. The van der Waals surface area contributed by atoms with Crippen LogP contribution in [0.3, 0.4) is 0 Å². The zero-order valence-corrected chi connectivity index (χ0v) is 12.7. The minimum Gasteiger partial charge on any atom is -0.451 e. The van der Waals surface area contributed by atoms with E-state index in [2.05, 4.69) is 15.8 Å². The zero-order chi connectivity index (χ0) is 16.1. The first kappa shape index (κ1) is 16.3. The molecular weight excluding hydrogens is 333 g/mol. The molecule has 0 unspecified atom stereocenters. The number of esters is 1. The fourth-order valence-corrected chi connectivity index (χ4v) is 2.18. The molecule has 1 aromatic rings. The highest BCUT2D eigenvalue weighted by molar-refractivity contribution is 6.37. The average Bonchev–Trinajstić information content (AvgIpc) is 2.44. The third kappa shape index (κ3) is 4.71. The van der Waals surface area contributed by atoms with Crippen molar-refractivity contribution in [1.29, 1.82) is 0 Å². The van der Waals surface area contributed by atoms with Crippen molar-refractivity contribution < 1.29 is 19.1 Å². The van der Waals surface area contributed by atoms with Gasteiger partial charge >= 0.3 is 5.97 Å². The van der Waals surface area contributed by atoms with Gasteiger partial charge in [0, 0.05) is 28.6 Å². The van der Waals surface area contributed by atoms with Gasteiger partial charge in [0.1, 0.15) is 5.71 Å². The van der Waals surface area contributed by atoms with Crippen LogP contribution in [0.2, 0.25) is 10.0 Å². The summed E-state index contributed by atoms with van der Waals surface area (Å²) in [5.41, 5.74) is 2.63. The first-order valence-corrected chi connectivity index (χ1v) is 6.98. The Kier molecular flexibility index (Phi) is 5.35. The van der Waals surface area contributed by atoms with Gasteiger partial charge in [-0.2, -0.15) is 5.10 Å². The van der Waals surface area contributed by atoms with E-state index in [4.69, 9.17) is 27.9 Å². The molecule has 0 aliphatic carbocycles. The van der Waals surface area contributed by atoms with Crippen LogP contribution >= 0.6 is 23.2 Å². The Morgan fingerprint density at radius 1 is 1.23 bits per heavy atom. The standard InChI is InChI=1S/C13H11Cl2N3O4/c14-7-3-8(15)5-9(4-7)16-12(20)6-22-13(21)10-1-2-11(19)18-17-10/h3-5H,1-2,6H2,(H,16,20)(H,18,19). The van der Waals surface area contributed by atoms with E-state index in [0.717, 1.165) is 0 Å². The molecule has 0 aromatic heterocycles. The summed E-state index contributed by atoms with van der Waals surface area (Å²) in [6.45, 7) is -0.490. The van der Waals surface area contributed by atoms with Crippen LogP contribution in [-0.4, -0.2) is 30.1 Å². The quantitative estimate of drug-likeness (QED) is 0.813. The molecule has 1 aromatic carbocycles. The van der Waals surface area contributed by atoms with Crippen molar-refractivity contribution in [3.63, 3.8) is 0 Å². The molecule has 0 spiro atoms. The molecule has 0 bridgehead atoms. The Balaban J connectivity index is 1.85. The Hall–Kier alpha value is -2.12. The number of carbonyl (C=O) groups excluding carboxylic acids is 3. The summed E-state index contributed by atoms with van der Waals surface area (Å²) < 4.78 is 4.81. The number of rotatable bonds is 4. The molecule has 0 radical (unpaired) electrons. The molecule has 1 aliphatic rings. The van der Waals surface area contributed by atoms with Crippen LogP contribution in [-0.2, 0) is 19.1 Å². The Morgan fingerprint density at radius 3 is 2.50 bits per heavy atom. The van der Waals surface area contributed by atoms with Crippen molar-refractivity contribution in [2.75, 3.05) is 11.9 Å². The maximum absolute atomic E-state index is 11.7. The minimum atomic E-state index is -0.751. The third-order valence-corrected chi connectivity index (χ3v) is 3.06. The molecule has 7 nitrogen and oxygen atoms in total. The molecular formula is C13H11Cl2N3O4. The SMILES string of the molecule is O=C1CCC(C(=O)OCC(=O)Nc2cc(Cl)cc(Cl)c2)=NN1. The van der Waals surface area contributed by atoms with E-state index < -0.39 is 18.5 Å². The van der Waals surface area contributed by atoms with Crippen LogP contribution in [0.5, 0.6) is 0 Å². The van der Waals surface area contributed by atoms with Gasteiger partial charge in [-0.1, -0.05) is 23.2 Å². The molecule has 0 atom stereocenters. The number of nitrogens with one attached hydrogen (secondary N) is 2. The zero-order valence-electron chi connectivity index (χ0n) is 11.2. The number of anilines is 1. The number of halogens is 2. The second kappa shape index (κ2) is 7.24. The average molecular weight is 344 g/mol. The topological polar surface area (TPSA) is 96.9 Å². The fourth-order valence-electron chi connectivity index (χ4n) is 1.66. The monoisotopic (exact) mass is 343 g/mol. The molecule has 2 rings (SSSR count).